The summed E-state index contributed by atoms with van der Waals surface area (Å²) < 4.78 is 5.10. The minimum Gasteiger partial charge on any atom is -0.494 e. The largest absolute Gasteiger partial charge is 0.494 e. The number of nitrogens with zero attached hydrogens (tertiary/aromatic N) is 1. The highest BCUT2D eigenvalue weighted by Crippen LogP contribution is 2.23. The van der Waals surface area contributed by atoms with Gasteiger partial charge in [0.2, 0.25) is 5.78 Å². The van der Waals surface area contributed by atoms with Crippen molar-refractivity contribution in [1.29, 1.82) is 0 Å². The maximum atomic E-state index is 12.2. The molecule has 0 aliphatic heterocycles. The SMILES string of the molecule is COc1cccnc1C(=O)c1ccccc1Cl. The lowest BCUT2D eigenvalue weighted by atomic mass is 10.1. The van der Waals surface area contributed by atoms with Crippen LogP contribution in [0.2, 0.25) is 5.02 Å². The van der Waals surface area contributed by atoms with Crippen LogP contribution in [0.1, 0.15) is 16.1 Å². The topological polar surface area (TPSA) is 39.2 Å². The molecule has 0 aliphatic rings. The number of benzene rings is 1. The van der Waals surface area contributed by atoms with Gasteiger partial charge in [0.15, 0.2) is 5.69 Å². The first kappa shape index (κ1) is 11.6. The average Bonchev–Trinajstić information content (AvgIpc) is 2.38. The Labute approximate surface area is 104 Å². The van der Waals surface area contributed by atoms with Crippen LogP contribution in [0.5, 0.6) is 5.75 Å². The van der Waals surface area contributed by atoms with Gasteiger partial charge in [0.05, 0.1) is 12.1 Å². The highest BCUT2D eigenvalue weighted by molar-refractivity contribution is 6.35. The highest BCUT2D eigenvalue weighted by Gasteiger charge is 2.17. The van der Waals surface area contributed by atoms with Crippen molar-refractivity contribution >= 4 is 17.4 Å². The molecule has 2 rings (SSSR count). The van der Waals surface area contributed by atoms with Gasteiger partial charge < -0.3 is 4.74 Å². The molecule has 0 spiro atoms. The lowest BCUT2D eigenvalue weighted by Gasteiger charge is -2.06. The van der Waals surface area contributed by atoms with Crippen molar-refractivity contribution in [3.05, 3.63) is 58.9 Å². The van der Waals surface area contributed by atoms with Crippen molar-refractivity contribution in [2.24, 2.45) is 0 Å². The Kier molecular flexibility index (Phi) is 3.40. The van der Waals surface area contributed by atoms with Gasteiger partial charge >= 0.3 is 0 Å². The quantitative estimate of drug-likeness (QED) is 0.783. The monoisotopic (exact) mass is 247 g/mol. The summed E-state index contributed by atoms with van der Waals surface area (Å²) in [7, 11) is 1.50. The van der Waals surface area contributed by atoms with E-state index in [1.165, 1.54) is 7.11 Å². The van der Waals surface area contributed by atoms with Crippen LogP contribution in [0.3, 0.4) is 0 Å². The van der Waals surface area contributed by atoms with Crippen molar-refractivity contribution in [3.8, 4) is 5.75 Å². The standard InChI is InChI=1S/C13H10ClNO2/c1-17-11-7-4-8-15-12(11)13(16)9-5-2-3-6-10(9)14/h2-8H,1H3. The first-order valence-corrected chi connectivity index (χ1v) is 5.40. The number of ketones is 1. The van der Waals surface area contributed by atoms with Gasteiger partial charge in [0, 0.05) is 11.8 Å². The summed E-state index contributed by atoms with van der Waals surface area (Å²) in [6.45, 7) is 0. The fourth-order valence-corrected chi connectivity index (χ4v) is 1.72. The Morgan fingerprint density at radius 2 is 2.00 bits per heavy atom. The van der Waals surface area contributed by atoms with E-state index in [2.05, 4.69) is 4.98 Å². The minimum atomic E-state index is -0.243. The average molecular weight is 248 g/mol. The maximum absolute atomic E-state index is 12.2. The molecule has 1 heterocycles. The molecule has 0 saturated heterocycles. The third kappa shape index (κ3) is 2.29. The number of carbonyl (C=O) groups excluding carboxylic acids is 1. The van der Waals surface area contributed by atoms with Crippen LogP contribution in [0.15, 0.2) is 42.6 Å². The molecular weight excluding hydrogens is 238 g/mol. The van der Waals surface area contributed by atoms with Gasteiger partial charge in [-0.05, 0) is 24.3 Å². The molecule has 0 amide bonds. The number of rotatable bonds is 3. The molecule has 2 aromatic rings. The number of ether oxygens (including phenoxy) is 1. The van der Waals surface area contributed by atoms with E-state index in [0.717, 1.165) is 0 Å². The summed E-state index contributed by atoms with van der Waals surface area (Å²) in [5.74, 6) is 0.200. The molecule has 1 aromatic heterocycles. The first-order chi connectivity index (χ1) is 8.24. The lowest BCUT2D eigenvalue weighted by molar-refractivity contribution is 0.103. The molecule has 0 saturated carbocycles. The number of hydrogen-bond acceptors (Lipinski definition) is 3. The van der Waals surface area contributed by atoms with Gasteiger partial charge in [0.1, 0.15) is 5.75 Å². The molecule has 0 fully saturated rings. The van der Waals surface area contributed by atoms with E-state index >= 15 is 0 Å². The second-order valence-corrected chi connectivity index (χ2v) is 3.77. The molecule has 0 N–H and O–H groups in total. The van der Waals surface area contributed by atoms with E-state index in [-0.39, 0.29) is 11.5 Å². The van der Waals surface area contributed by atoms with Gasteiger partial charge in [-0.3, -0.25) is 4.79 Å². The smallest absolute Gasteiger partial charge is 0.216 e. The zero-order valence-corrected chi connectivity index (χ0v) is 9.94. The summed E-state index contributed by atoms with van der Waals surface area (Å²) in [4.78, 5) is 16.3. The van der Waals surface area contributed by atoms with Crippen molar-refractivity contribution in [3.63, 3.8) is 0 Å². The van der Waals surface area contributed by atoms with E-state index < -0.39 is 0 Å². The Morgan fingerprint density at radius 3 is 2.71 bits per heavy atom. The lowest BCUT2D eigenvalue weighted by Crippen LogP contribution is -2.06. The second kappa shape index (κ2) is 4.97. The van der Waals surface area contributed by atoms with Crippen LogP contribution in [-0.2, 0) is 0 Å². The molecule has 0 atom stereocenters. The predicted octanol–water partition coefficient (Wildman–Crippen LogP) is 2.97. The molecular formula is C13H10ClNO2. The molecule has 17 heavy (non-hydrogen) atoms. The Bertz CT molecular complexity index is 555. The molecule has 4 heteroatoms. The van der Waals surface area contributed by atoms with E-state index in [1.807, 2.05) is 0 Å². The number of hydrogen-bond donors (Lipinski definition) is 0. The molecule has 0 radical (unpaired) electrons. The fraction of sp³-hybridized carbons (Fsp3) is 0.0769. The van der Waals surface area contributed by atoms with Crippen LogP contribution < -0.4 is 4.74 Å². The Morgan fingerprint density at radius 1 is 1.24 bits per heavy atom. The van der Waals surface area contributed by atoms with Crippen molar-refractivity contribution in [2.75, 3.05) is 7.11 Å². The van der Waals surface area contributed by atoms with Crippen molar-refractivity contribution < 1.29 is 9.53 Å². The molecule has 3 nitrogen and oxygen atoms in total. The summed E-state index contributed by atoms with van der Waals surface area (Å²) in [5.41, 5.74) is 0.689. The van der Waals surface area contributed by atoms with Gasteiger partial charge in [-0.1, -0.05) is 23.7 Å². The molecule has 0 unspecified atom stereocenters. The zero-order chi connectivity index (χ0) is 12.3. The highest BCUT2D eigenvalue weighted by atomic mass is 35.5. The number of pyridine rings is 1. The van der Waals surface area contributed by atoms with Crippen LogP contribution in [0.4, 0.5) is 0 Å². The molecule has 0 aliphatic carbocycles. The van der Waals surface area contributed by atoms with E-state index in [4.69, 9.17) is 16.3 Å². The first-order valence-electron chi connectivity index (χ1n) is 5.02. The normalized spacial score (nSPS) is 10.0. The zero-order valence-electron chi connectivity index (χ0n) is 9.18. The van der Waals surface area contributed by atoms with E-state index in [0.29, 0.717) is 16.3 Å². The molecule has 86 valence electrons. The minimum absolute atomic E-state index is 0.243. The van der Waals surface area contributed by atoms with E-state index in [9.17, 15) is 4.79 Å². The molecule has 1 aromatic carbocycles. The number of methoxy groups -OCH3 is 1. The summed E-state index contributed by atoms with van der Waals surface area (Å²) >= 11 is 5.98. The Balaban J connectivity index is 2.48. The molecule has 0 bridgehead atoms. The number of halogens is 1. The van der Waals surface area contributed by atoms with Gasteiger partial charge in [-0.2, -0.15) is 0 Å². The Hall–Kier alpha value is -1.87. The predicted molar refractivity (Wildman–Crippen MR) is 65.7 cm³/mol. The van der Waals surface area contributed by atoms with E-state index in [1.54, 1.807) is 42.6 Å². The second-order valence-electron chi connectivity index (χ2n) is 3.36. The summed E-state index contributed by atoms with van der Waals surface area (Å²) in [6, 6.07) is 10.3. The number of carbonyl (C=O) groups is 1. The van der Waals surface area contributed by atoms with Crippen LogP contribution in [-0.4, -0.2) is 17.9 Å². The summed E-state index contributed by atoms with van der Waals surface area (Å²) in [5, 5.41) is 0.408. The van der Waals surface area contributed by atoms with Crippen LogP contribution in [0.25, 0.3) is 0 Å². The van der Waals surface area contributed by atoms with Gasteiger partial charge in [-0.15, -0.1) is 0 Å². The van der Waals surface area contributed by atoms with Crippen LogP contribution >= 0.6 is 11.6 Å². The third-order valence-corrected chi connectivity index (χ3v) is 2.65. The fourth-order valence-electron chi connectivity index (χ4n) is 1.50. The maximum Gasteiger partial charge on any atom is 0.216 e. The van der Waals surface area contributed by atoms with Crippen molar-refractivity contribution in [1.82, 2.24) is 4.98 Å². The van der Waals surface area contributed by atoms with Gasteiger partial charge in [0.25, 0.3) is 0 Å². The number of aromatic nitrogens is 1. The van der Waals surface area contributed by atoms with Crippen LogP contribution in [0, 0.1) is 0 Å². The third-order valence-electron chi connectivity index (χ3n) is 2.32. The summed E-state index contributed by atoms with van der Waals surface area (Å²) in [6.07, 6.45) is 1.55. The van der Waals surface area contributed by atoms with Gasteiger partial charge in [-0.25, -0.2) is 4.98 Å². The van der Waals surface area contributed by atoms with Crippen molar-refractivity contribution in [2.45, 2.75) is 0 Å².